The van der Waals surface area contributed by atoms with Crippen molar-refractivity contribution in [1.29, 1.82) is 0 Å². The molecule has 0 aromatic carbocycles. The maximum Gasteiger partial charge on any atom is 0.0615 e. The van der Waals surface area contributed by atoms with Gasteiger partial charge in [0.15, 0.2) is 0 Å². The predicted molar refractivity (Wildman–Crippen MR) is 88.7 cm³/mol. The summed E-state index contributed by atoms with van der Waals surface area (Å²) >= 11 is 3.80. The number of halogens is 1. The summed E-state index contributed by atoms with van der Waals surface area (Å²) in [5.74, 6) is 0. The average Bonchev–Trinajstić information content (AvgIpc) is 2.70. The third-order valence-electron chi connectivity index (χ3n) is 4.60. The molecule has 0 heterocycles. The zero-order valence-electron chi connectivity index (χ0n) is 13.5. The number of hydrogen-bond donors (Lipinski definition) is 0. The van der Waals surface area contributed by atoms with E-state index in [4.69, 9.17) is 9.47 Å². The Hall–Kier alpha value is 0.360. The highest BCUT2D eigenvalue weighted by atomic mass is 79.9. The van der Waals surface area contributed by atoms with Crippen LogP contribution in [-0.4, -0.2) is 56.8 Å². The molecule has 0 bridgehead atoms. The SMILES string of the molecule is COCCN(CC1(CBr)CCCCCC1)C(C)COC. The molecule has 1 saturated carbocycles. The van der Waals surface area contributed by atoms with Gasteiger partial charge in [0, 0.05) is 38.7 Å². The highest BCUT2D eigenvalue weighted by Gasteiger charge is 2.33. The van der Waals surface area contributed by atoms with Crippen molar-refractivity contribution in [1.82, 2.24) is 4.90 Å². The summed E-state index contributed by atoms with van der Waals surface area (Å²) in [7, 11) is 3.57. The van der Waals surface area contributed by atoms with Gasteiger partial charge in [0.05, 0.1) is 13.2 Å². The molecule has 0 aromatic heterocycles. The molecule has 0 spiro atoms. The molecule has 0 N–H and O–H groups in total. The van der Waals surface area contributed by atoms with Gasteiger partial charge in [-0.25, -0.2) is 0 Å². The molecule has 1 aliphatic carbocycles. The van der Waals surface area contributed by atoms with Crippen LogP contribution in [0.15, 0.2) is 0 Å². The minimum atomic E-state index is 0.437. The molecule has 120 valence electrons. The van der Waals surface area contributed by atoms with Crippen LogP contribution in [0.25, 0.3) is 0 Å². The Balaban J connectivity index is 2.67. The minimum Gasteiger partial charge on any atom is -0.383 e. The zero-order chi connectivity index (χ0) is 14.8. The Morgan fingerprint density at radius 1 is 1.10 bits per heavy atom. The van der Waals surface area contributed by atoms with E-state index in [2.05, 4.69) is 27.8 Å². The summed E-state index contributed by atoms with van der Waals surface area (Å²) in [5, 5.41) is 1.11. The molecule has 0 amide bonds. The fourth-order valence-electron chi connectivity index (χ4n) is 3.25. The lowest BCUT2D eigenvalue weighted by Gasteiger charge is -2.39. The Morgan fingerprint density at radius 2 is 1.75 bits per heavy atom. The van der Waals surface area contributed by atoms with Gasteiger partial charge in [-0.2, -0.15) is 0 Å². The summed E-state index contributed by atoms with van der Waals surface area (Å²) < 4.78 is 10.6. The normalized spacial score (nSPS) is 20.9. The van der Waals surface area contributed by atoms with E-state index in [0.29, 0.717) is 11.5 Å². The standard InChI is InChI=1S/C16H32BrNO2/c1-15(12-20-3)18(10-11-19-2)14-16(13-17)8-6-4-5-7-9-16/h15H,4-14H2,1-3H3. The monoisotopic (exact) mass is 349 g/mol. The van der Waals surface area contributed by atoms with Gasteiger partial charge in [-0.15, -0.1) is 0 Å². The second-order valence-corrected chi connectivity index (χ2v) is 6.88. The van der Waals surface area contributed by atoms with Crippen molar-refractivity contribution in [2.45, 2.75) is 51.5 Å². The Kier molecular flexibility index (Phi) is 9.34. The number of ether oxygens (including phenoxy) is 2. The molecular formula is C16H32BrNO2. The molecule has 0 saturated heterocycles. The lowest BCUT2D eigenvalue weighted by atomic mass is 9.81. The number of alkyl halides is 1. The number of rotatable bonds is 9. The molecule has 4 heteroatoms. The summed E-state index contributed by atoms with van der Waals surface area (Å²) in [6, 6.07) is 0.453. The van der Waals surface area contributed by atoms with Crippen molar-refractivity contribution in [3.05, 3.63) is 0 Å². The van der Waals surface area contributed by atoms with E-state index in [0.717, 1.165) is 31.6 Å². The van der Waals surface area contributed by atoms with Crippen LogP contribution < -0.4 is 0 Å². The first kappa shape index (κ1) is 18.4. The number of methoxy groups -OCH3 is 2. The van der Waals surface area contributed by atoms with Gasteiger partial charge in [-0.3, -0.25) is 4.90 Å². The van der Waals surface area contributed by atoms with Crippen LogP contribution in [-0.2, 0) is 9.47 Å². The Morgan fingerprint density at radius 3 is 2.25 bits per heavy atom. The molecule has 1 unspecified atom stereocenters. The smallest absolute Gasteiger partial charge is 0.0615 e. The lowest BCUT2D eigenvalue weighted by molar-refractivity contribution is 0.0445. The van der Waals surface area contributed by atoms with E-state index in [1.807, 2.05) is 0 Å². The van der Waals surface area contributed by atoms with Crippen molar-refractivity contribution in [3.63, 3.8) is 0 Å². The van der Waals surface area contributed by atoms with E-state index in [1.165, 1.54) is 38.5 Å². The number of hydrogen-bond acceptors (Lipinski definition) is 3. The van der Waals surface area contributed by atoms with E-state index in [1.54, 1.807) is 14.2 Å². The topological polar surface area (TPSA) is 21.7 Å². The molecular weight excluding hydrogens is 318 g/mol. The lowest BCUT2D eigenvalue weighted by Crippen LogP contribution is -2.46. The quantitative estimate of drug-likeness (QED) is 0.467. The summed E-state index contributed by atoms with van der Waals surface area (Å²) in [6.07, 6.45) is 8.26. The highest BCUT2D eigenvalue weighted by molar-refractivity contribution is 9.09. The third kappa shape index (κ3) is 6.00. The zero-order valence-corrected chi connectivity index (χ0v) is 15.1. The van der Waals surface area contributed by atoms with E-state index >= 15 is 0 Å². The van der Waals surface area contributed by atoms with Crippen LogP contribution in [0, 0.1) is 5.41 Å². The second-order valence-electron chi connectivity index (χ2n) is 6.32. The third-order valence-corrected chi connectivity index (χ3v) is 5.79. The Labute approximate surface area is 133 Å². The minimum absolute atomic E-state index is 0.437. The van der Waals surface area contributed by atoms with Gasteiger partial charge in [0.1, 0.15) is 0 Å². The van der Waals surface area contributed by atoms with Gasteiger partial charge in [-0.05, 0) is 25.2 Å². The maximum absolute atomic E-state index is 5.35. The average molecular weight is 350 g/mol. The second kappa shape index (κ2) is 10.1. The van der Waals surface area contributed by atoms with E-state index in [-0.39, 0.29) is 0 Å². The fraction of sp³-hybridized carbons (Fsp3) is 1.00. The summed E-state index contributed by atoms with van der Waals surface area (Å²) in [5.41, 5.74) is 0.437. The summed E-state index contributed by atoms with van der Waals surface area (Å²) in [4.78, 5) is 2.56. The molecule has 3 nitrogen and oxygen atoms in total. The molecule has 0 aliphatic heterocycles. The van der Waals surface area contributed by atoms with Crippen molar-refractivity contribution in [2.75, 3.05) is 45.9 Å². The first-order chi connectivity index (χ1) is 9.67. The van der Waals surface area contributed by atoms with Crippen LogP contribution in [0.4, 0.5) is 0 Å². The fourth-order valence-corrected chi connectivity index (χ4v) is 3.99. The van der Waals surface area contributed by atoms with Crippen LogP contribution in [0.3, 0.4) is 0 Å². The van der Waals surface area contributed by atoms with Gasteiger partial charge < -0.3 is 9.47 Å². The maximum atomic E-state index is 5.35. The molecule has 0 aromatic rings. The van der Waals surface area contributed by atoms with Crippen LogP contribution in [0.2, 0.25) is 0 Å². The first-order valence-corrected chi connectivity index (χ1v) is 9.07. The van der Waals surface area contributed by atoms with Gasteiger partial charge in [0.25, 0.3) is 0 Å². The Bertz CT molecular complexity index is 243. The molecule has 1 rings (SSSR count). The number of nitrogens with zero attached hydrogens (tertiary/aromatic N) is 1. The molecule has 20 heavy (non-hydrogen) atoms. The highest BCUT2D eigenvalue weighted by Crippen LogP contribution is 2.37. The molecule has 1 aliphatic rings. The molecule has 1 atom stereocenters. The van der Waals surface area contributed by atoms with Crippen LogP contribution in [0.5, 0.6) is 0 Å². The van der Waals surface area contributed by atoms with Gasteiger partial charge in [0.2, 0.25) is 0 Å². The van der Waals surface area contributed by atoms with Crippen LogP contribution >= 0.6 is 15.9 Å². The van der Waals surface area contributed by atoms with Crippen molar-refractivity contribution >= 4 is 15.9 Å². The molecule has 0 radical (unpaired) electrons. The van der Waals surface area contributed by atoms with E-state index < -0.39 is 0 Å². The molecule has 1 fully saturated rings. The summed E-state index contributed by atoms with van der Waals surface area (Å²) in [6.45, 7) is 6.01. The first-order valence-electron chi connectivity index (χ1n) is 7.95. The van der Waals surface area contributed by atoms with Crippen molar-refractivity contribution < 1.29 is 9.47 Å². The van der Waals surface area contributed by atoms with Crippen molar-refractivity contribution in [3.8, 4) is 0 Å². The van der Waals surface area contributed by atoms with E-state index in [9.17, 15) is 0 Å². The van der Waals surface area contributed by atoms with Gasteiger partial charge >= 0.3 is 0 Å². The van der Waals surface area contributed by atoms with Crippen molar-refractivity contribution in [2.24, 2.45) is 5.41 Å². The largest absolute Gasteiger partial charge is 0.383 e. The predicted octanol–water partition coefficient (Wildman–Crippen LogP) is 3.71. The van der Waals surface area contributed by atoms with Crippen LogP contribution in [0.1, 0.15) is 45.4 Å². The van der Waals surface area contributed by atoms with Gasteiger partial charge in [-0.1, -0.05) is 41.6 Å².